The minimum atomic E-state index is 0.390. The summed E-state index contributed by atoms with van der Waals surface area (Å²) in [6.45, 7) is 4.66. The van der Waals surface area contributed by atoms with Crippen LogP contribution in [-0.4, -0.2) is 16.5 Å². The number of nitrogens with two attached hydrogens (primary N) is 1. The minimum Gasteiger partial charge on any atom is -0.326 e. The van der Waals surface area contributed by atoms with E-state index in [4.69, 9.17) is 5.73 Å². The van der Waals surface area contributed by atoms with Gasteiger partial charge in [0.15, 0.2) is 0 Å². The Morgan fingerprint density at radius 1 is 1.06 bits per heavy atom. The van der Waals surface area contributed by atoms with Crippen molar-refractivity contribution in [1.29, 1.82) is 0 Å². The first-order valence-electron chi connectivity index (χ1n) is 8.08. The largest absolute Gasteiger partial charge is 0.326 e. The van der Waals surface area contributed by atoms with Crippen LogP contribution in [0, 0.1) is 0 Å². The minimum absolute atomic E-state index is 0.390. The molecule has 0 aromatic carbocycles. The number of unbranched alkanes of at least 4 members (excludes halogenated alkanes) is 7. The lowest BCUT2D eigenvalue weighted by Crippen LogP contribution is -2.41. The van der Waals surface area contributed by atoms with Gasteiger partial charge < -0.3 is 5.73 Å². The van der Waals surface area contributed by atoms with E-state index in [0.29, 0.717) is 10.8 Å². The van der Waals surface area contributed by atoms with Crippen LogP contribution in [0.15, 0.2) is 0 Å². The fourth-order valence-electron chi connectivity index (χ4n) is 2.90. The van der Waals surface area contributed by atoms with Gasteiger partial charge in [0.1, 0.15) is 0 Å². The average molecular weight is 272 g/mol. The van der Waals surface area contributed by atoms with Gasteiger partial charge in [-0.05, 0) is 31.9 Å². The van der Waals surface area contributed by atoms with Crippen LogP contribution < -0.4 is 5.73 Å². The van der Waals surface area contributed by atoms with Gasteiger partial charge in [-0.25, -0.2) is 0 Å². The van der Waals surface area contributed by atoms with Crippen LogP contribution in [0.25, 0.3) is 0 Å². The van der Waals surface area contributed by atoms with E-state index >= 15 is 0 Å². The zero-order valence-corrected chi connectivity index (χ0v) is 13.4. The quantitative estimate of drug-likeness (QED) is 0.557. The van der Waals surface area contributed by atoms with Crippen molar-refractivity contribution >= 4 is 11.8 Å². The van der Waals surface area contributed by atoms with E-state index in [-0.39, 0.29) is 0 Å². The molecule has 0 saturated carbocycles. The molecule has 0 radical (unpaired) electrons. The van der Waals surface area contributed by atoms with Gasteiger partial charge in [-0.2, -0.15) is 11.8 Å². The number of rotatable bonds is 10. The molecule has 108 valence electrons. The zero-order chi connectivity index (χ0) is 13.3. The zero-order valence-electron chi connectivity index (χ0n) is 12.5. The van der Waals surface area contributed by atoms with Crippen LogP contribution >= 0.6 is 11.8 Å². The maximum atomic E-state index is 6.37. The molecule has 1 rings (SSSR count). The molecule has 2 unspecified atom stereocenters. The molecule has 1 heterocycles. The molecule has 2 heteroatoms. The fourth-order valence-corrected chi connectivity index (χ4v) is 4.27. The highest BCUT2D eigenvalue weighted by molar-refractivity contribution is 8.00. The Hall–Kier alpha value is 0.310. The van der Waals surface area contributed by atoms with Gasteiger partial charge in [0.25, 0.3) is 0 Å². The predicted octanol–water partition coefficient (Wildman–Crippen LogP) is 5.13. The molecule has 0 aliphatic carbocycles. The molecule has 1 aliphatic heterocycles. The highest BCUT2D eigenvalue weighted by Crippen LogP contribution is 2.40. The first kappa shape index (κ1) is 16.4. The smallest absolute Gasteiger partial charge is 0.0283 e. The summed E-state index contributed by atoms with van der Waals surface area (Å²) in [5.41, 5.74) is 6.37. The van der Waals surface area contributed by atoms with Gasteiger partial charge in [0, 0.05) is 10.8 Å². The third-order valence-electron chi connectivity index (χ3n) is 4.40. The molecule has 0 spiro atoms. The summed E-state index contributed by atoms with van der Waals surface area (Å²) >= 11 is 2.11. The van der Waals surface area contributed by atoms with Crippen LogP contribution in [0.3, 0.4) is 0 Å². The van der Waals surface area contributed by atoms with Crippen molar-refractivity contribution in [2.24, 2.45) is 5.73 Å². The first-order chi connectivity index (χ1) is 8.69. The van der Waals surface area contributed by atoms with Crippen molar-refractivity contribution in [3.63, 3.8) is 0 Å². The Labute approximate surface area is 119 Å². The second-order valence-corrected chi connectivity index (χ2v) is 7.76. The van der Waals surface area contributed by atoms with Gasteiger partial charge in [-0.15, -0.1) is 0 Å². The van der Waals surface area contributed by atoms with Crippen LogP contribution in [0.2, 0.25) is 0 Å². The second-order valence-electron chi connectivity index (χ2n) is 6.13. The molecule has 0 aromatic heterocycles. The molecule has 1 fully saturated rings. The molecule has 0 bridgehead atoms. The van der Waals surface area contributed by atoms with E-state index in [2.05, 4.69) is 25.6 Å². The molecule has 0 aromatic rings. The summed E-state index contributed by atoms with van der Waals surface area (Å²) in [7, 11) is 0. The Morgan fingerprint density at radius 3 is 2.22 bits per heavy atom. The molecular formula is C16H33NS. The summed E-state index contributed by atoms with van der Waals surface area (Å²) in [4.78, 5) is 0. The third-order valence-corrected chi connectivity index (χ3v) is 6.06. The molecule has 0 amide bonds. The van der Waals surface area contributed by atoms with Gasteiger partial charge in [-0.1, -0.05) is 58.3 Å². The van der Waals surface area contributed by atoms with Gasteiger partial charge in [-0.3, -0.25) is 0 Å². The van der Waals surface area contributed by atoms with E-state index in [0.717, 1.165) is 0 Å². The number of hydrogen-bond donors (Lipinski definition) is 1. The van der Waals surface area contributed by atoms with E-state index in [1.54, 1.807) is 0 Å². The predicted molar refractivity (Wildman–Crippen MR) is 85.3 cm³/mol. The monoisotopic (exact) mass is 271 g/mol. The standard InChI is InChI=1S/C16H33NS/c1-3-4-5-6-7-8-9-10-12-15(17)16(2)13-11-14-18-16/h15H,3-14,17H2,1-2H3. The highest BCUT2D eigenvalue weighted by atomic mass is 32.2. The molecule has 1 nitrogen and oxygen atoms in total. The molecule has 1 saturated heterocycles. The molecule has 1 aliphatic rings. The SMILES string of the molecule is CCCCCCCCCCC(N)C1(C)CCCS1. The van der Waals surface area contributed by atoms with Gasteiger partial charge in [0.05, 0.1) is 0 Å². The summed E-state index contributed by atoms with van der Waals surface area (Å²) in [6.07, 6.45) is 15.2. The number of hydrogen-bond acceptors (Lipinski definition) is 2. The summed E-state index contributed by atoms with van der Waals surface area (Å²) in [5.74, 6) is 1.32. The van der Waals surface area contributed by atoms with E-state index in [9.17, 15) is 0 Å². The van der Waals surface area contributed by atoms with Gasteiger partial charge in [0.2, 0.25) is 0 Å². The maximum Gasteiger partial charge on any atom is 0.0283 e. The first-order valence-corrected chi connectivity index (χ1v) is 9.07. The molecule has 18 heavy (non-hydrogen) atoms. The normalized spacial score (nSPS) is 25.5. The Kier molecular flexibility index (Phi) is 8.41. The highest BCUT2D eigenvalue weighted by Gasteiger charge is 2.34. The summed E-state index contributed by atoms with van der Waals surface area (Å²) in [6, 6.07) is 0.421. The third kappa shape index (κ3) is 5.97. The van der Waals surface area contributed by atoms with Gasteiger partial charge >= 0.3 is 0 Å². The van der Waals surface area contributed by atoms with Crippen molar-refractivity contribution in [3.8, 4) is 0 Å². The molecule has 2 atom stereocenters. The van der Waals surface area contributed by atoms with Crippen LogP contribution in [0.4, 0.5) is 0 Å². The summed E-state index contributed by atoms with van der Waals surface area (Å²) in [5, 5.41) is 0. The van der Waals surface area contributed by atoms with Crippen molar-refractivity contribution in [2.75, 3.05) is 5.75 Å². The van der Waals surface area contributed by atoms with E-state index < -0.39 is 0 Å². The topological polar surface area (TPSA) is 26.0 Å². The second kappa shape index (κ2) is 9.25. The summed E-state index contributed by atoms with van der Waals surface area (Å²) < 4.78 is 0.390. The lowest BCUT2D eigenvalue weighted by molar-refractivity contribution is 0.437. The van der Waals surface area contributed by atoms with E-state index in [1.165, 1.54) is 76.4 Å². The molecular weight excluding hydrogens is 238 g/mol. The Morgan fingerprint density at radius 2 is 1.67 bits per heavy atom. The Bertz CT molecular complexity index is 199. The lowest BCUT2D eigenvalue weighted by Gasteiger charge is -2.30. The lowest BCUT2D eigenvalue weighted by atomic mass is 9.92. The van der Waals surface area contributed by atoms with Crippen molar-refractivity contribution in [2.45, 2.75) is 95.3 Å². The maximum absolute atomic E-state index is 6.37. The van der Waals surface area contributed by atoms with Crippen LogP contribution in [-0.2, 0) is 0 Å². The van der Waals surface area contributed by atoms with Crippen molar-refractivity contribution in [3.05, 3.63) is 0 Å². The number of thioether (sulfide) groups is 1. The fraction of sp³-hybridized carbons (Fsp3) is 1.00. The van der Waals surface area contributed by atoms with Crippen LogP contribution in [0.5, 0.6) is 0 Å². The van der Waals surface area contributed by atoms with Crippen LogP contribution in [0.1, 0.15) is 84.5 Å². The van der Waals surface area contributed by atoms with E-state index in [1.807, 2.05) is 0 Å². The van der Waals surface area contributed by atoms with Crippen molar-refractivity contribution < 1.29 is 0 Å². The Balaban J connectivity index is 1.94. The average Bonchev–Trinajstić information content (AvgIpc) is 2.81. The molecule has 2 N–H and O–H groups in total. The van der Waals surface area contributed by atoms with Crippen molar-refractivity contribution in [1.82, 2.24) is 0 Å².